The fourth-order valence-electron chi connectivity index (χ4n) is 4.06. The van der Waals surface area contributed by atoms with Gasteiger partial charge in [-0.15, -0.1) is 0 Å². The van der Waals surface area contributed by atoms with Crippen molar-refractivity contribution in [3.8, 4) is 0 Å². The Morgan fingerprint density at radius 3 is 1.47 bits per heavy atom. The SMILES string of the molecule is Cc1cc2ccc3cc(C)c(F)c(F)c3c2c(F)c1F.Cc1ccc2c(F)c(C)c(F)cc2c1. The van der Waals surface area contributed by atoms with Gasteiger partial charge in [0, 0.05) is 21.7 Å². The van der Waals surface area contributed by atoms with Crippen molar-refractivity contribution in [2.75, 3.05) is 0 Å². The number of benzene rings is 5. The fourth-order valence-corrected chi connectivity index (χ4v) is 4.06. The smallest absolute Gasteiger partial charge is 0.167 e. The van der Waals surface area contributed by atoms with Crippen molar-refractivity contribution in [1.29, 1.82) is 0 Å². The normalized spacial score (nSPS) is 11.2. The van der Waals surface area contributed by atoms with E-state index in [9.17, 15) is 26.3 Å². The number of hydrogen-bond acceptors (Lipinski definition) is 0. The summed E-state index contributed by atoms with van der Waals surface area (Å²) in [5.41, 5.74) is 1.34. The lowest BCUT2D eigenvalue weighted by molar-refractivity contribution is 0.506. The Morgan fingerprint density at radius 1 is 0.471 bits per heavy atom. The number of hydrogen-bond donors (Lipinski definition) is 0. The minimum absolute atomic E-state index is 0.0846. The van der Waals surface area contributed by atoms with Crippen LogP contribution in [0.4, 0.5) is 26.3 Å². The highest BCUT2D eigenvalue weighted by Crippen LogP contribution is 2.34. The first kappa shape index (κ1) is 23.6. The second kappa shape index (κ2) is 8.67. The van der Waals surface area contributed by atoms with E-state index in [4.69, 9.17) is 0 Å². The number of rotatable bonds is 0. The predicted molar refractivity (Wildman–Crippen MR) is 124 cm³/mol. The van der Waals surface area contributed by atoms with Crippen LogP contribution in [0.15, 0.2) is 48.5 Å². The van der Waals surface area contributed by atoms with Gasteiger partial charge in [-0.3, -0.25) is 0 Å². The average molecular weight is 470 g/mol. The Labute approximate surface area is 192 Å². The van der Waals surface area contributed by atoms with Crippen LogP contribution in [0.1, 0.15) is 22.3 Å². The van der Waals surface area contributed by atoms with Gasteiger partial charge in [-0.2, -0.15) is 0 Å². The highest BCUT2D eigenvalue weighted by molar-refractivity contribution is 6.08. The topological polar surface area (TPSA) is 0 Å². The second-order valence-corrected chi connectivity index (χ2v) is 8.43. The van der Waals surface area contributed by atoms with E-state index in [1.165, 1.54) is 39.0 Å². The summed E-state index contributed by atoms with van der Waals surface area (Å²) >= 11 is 0. The first-order valence-electron chi connectivity index (χ1n) is 10.5. The third kappa shape index (κ3) is 3.87. The number of fused-ring (bicyclic) bond motifs is 4. The minimum atomic E-state index is -1.15. The summed E-state index contributed by atoms with van der Waals surface area (Å²) in [6, 6.07) is 12.7. The molecule has 0 aromatic heterocycles. The summed E-state index contributed by atoms with van der Waals surface area (Å²) in [4.78, 5) is 0. The van der Waals surface area contributed by atoms with Gasteiger partial charge >= 0.3 is 0 Å². The van der Waals surface area contributed by atoms with Gasteiger partial charge in [0.1, 0.15) is 11.6 Å². The standard InChI is InChI=1S/C16H10F4.C12H10F2/c1-7-5-9-3-4-10-6-8(2)14(18)16(20)12(10)11(9)15(19)13(7)17;1-7-3-4-10-9(5-7)6-11(13)8(2)12(10)14/h3-6H,1-2H3;3-6H,1-2H3. The molecule has 5 rings (SSSR count). The zero-order chi connectivity index (χ0) is 24.9. The molecule has 0 nitrogen and oxygen atoms in total. The van der Waals surface area contributed by atoms with Crippen molar-refractivity contribution in [3.63, 3.8) is 0 Å². The molecule has 0 spiro atoms. The van der Waals surface area contributed by atoms with Crippen LogP contribution in [-0.4, -0.2) is 0 Å². The van der Waals surface area contributed by atoms with E-state index in [1.54, 1.807) is 24.3 Å². The zero-order valence-corrected chi connectivity index (χ0v) is 18.9. The first-order chi connectivity index (χ1) is 16.0. The van der Waals surface area contributed by atoms with Crippen molar-refractivity contribution in [2.24, 2.45) is 0 Å². The molecule has 0 aliphatic rings. The van der Waals surface area contributed by atoms with Crippen LogP contribution in [0.2, 0.25) is 0 Å². The second-order valence-electron chi connectivity index (χ2n) is 8.43. The van der Waals surface area contributed by atoms with E-state index >= 15 is 0 Å². The summed E-state index contributed by atoms with van der Waals surface area (Å²) in [5, 5.41) is 1.34. The summed E-state index contributed by atoms with van der Waals surface area (Å²) in [6.07, 6.45) is 0. The van der Waals surface area contributed by atoms with Gasteiger partial charge in [-0.1, -0.05) is 35.9 Å². The lowest BCUT2D eigenvalue weighted by Gasteiger charge is -2.10. The van der Waals surface area contributed by atoms with E-state index < -0.39 is 34.9 Å². The van der Waals surface area contributed by atoms with E-state index in [2.05, 4.69) is 0 Å². The van der Waals surface area contributed by atoms with Gasteiger partial charge in [0.05, 0.1) is 0 Å². The molecule has 0 radical (unpaired) electrons. The summed E-state index contributed by atoms with van der Waals surface area (Å²) in [6.45, 7) is 6.20. The maximum atomic E-state index is 14.1. The molecule has 0 fully saturated rings. The molecule has 0 N–H and O–H groups in total. The van der Waals surface area contributed by atoms with Gasteiger partial charge in [-0.05, 0) is 73.2 Å². The molecule has 0 aliphatic carbocycles. The Hall–Kier alpha value is -3.54. The van der Waals surface area contributed by atoms with Crippen LogP contribution in [0.5, 0.6) is 0 Å². The Kier molecular flexibility index (Phi) is 6.02. The Balaban J connectivity index is 0.000000172. The van der Waals surface area contributed by atoms with Crippen LogP contribution in [-0.2, 0) is 0 Å². The summed E-state index contributed by atoms with van der Waals surface area (Å²) in [5.74, 6) is -5.31. The largest absolute Gasteiger partial charge is 0.207 e. The van der Waals surface area contributed by atoms with Crippen molar-refractivity contribution >= 4 is 32.3 Å². The van der Waals surface area contributed by atoms with Gasteiger partial charge in [0.2, 0.25) is 0 Å². The zero-order valence-electron chi connectivity index (χ0n) is 18.9. The maximum Gasteiger partial charge on any atom is 0.167 e. The maximum absolute atomic E-state index is 14.1. The molecule has 5 aromatic carbocycles. The fraction of sp³-hybridized carbons (Fsp3) is 0.143. The monoisotopic (exact) mass is 470 g/mol. The number of aryl methyl sites for hydroxylation is 3. The van der Waals surface area contributed by atoms with Gasteiger partial charge in [0.15, 0.2) is 23.3 Å². The molecule has 174 valence electrons. The Bertz CT molecular complexity index is 1530. The quantitative estimate of drug-likeness (QED) is 0.157. The molecule has 5 aromatic rings. The Morgan fingerprint density at radius 2 is 0.971 bits per heavy atom. The van der Waals surface area contributed by atoms with Crippen LogP contribution in [0, 0.1) is 62.6 Å². The van der Waals surface area contributed by atoms with Crippen molar-refractivity contribution in [1.82, 2.24) is 0 Å². The molecule has 0 unspecified atom stereocenters. The molecule has 0 heterocycles. The molecular formula is C28H20F6. The highest BCUT2D eigenvalue weighted by Gasteiger charge is 2.19. The molecule has 0 aliphatic heterocycles. The molecule has 6 heteroatoms. The van der Waals surface area contributed by atoms with E-state index in [0.29, 0.717) is 21.5 Å². The average Bonchev–Trinajstić information content (AvgIpc) is 2.80. The van der Waals surface area contributed by atoms with Gasteiger partial charge in [0.25, 0.3) is 0 Å². The lowest BCUT2D eigenvalue weighted by Crippen LogP contribution is -1.96. The molecular weight excluding hydrogens is 450 g/mol. The van der Waals surface area contributed by atoms with Crippen molar-refractivity contribution < 1.29 is 26.3 Å². The lowest BCUT2D eigenvalue weighted by atomic mass is 9.97. The summed E-state index contributed by atoms with van der Waals surface area (Å²) in [7, 11) is 0. The third-order valence-electron chi connectivity index (χ3n) is 5.94. The van der Waals surface area contributed by atoms with Crippen molar-refractivity contribution in [3.05, 3.63) is 106 Å². The molecule has 0 atom stereocenters. The van der Waals surface area contributed by atoms with Crippen LogP contribution < -0.4 is 0 Å². The van der Waals surface area contributed by atoms with Crippen molar-refractivity contribution in [2.45, 2.75) is 27.7 Å². The third-order valence-corrected chi connectivity index (χ3v) is 5.94. The molecule has 0 amide bonds. The van der Waals surface area contributed by atoms with Gasteiger partial charge < -0.3 is 0 Å². The van der Waals surface area contributed by atoms with Crippen LogP contribution in [0.3, 0.4) is 0 Å². The first-order valence-corrected chi connectivity index (χ1v) is 10.5. The molecule has 34 heavy (non-hydrogen) atoms. The van der Waals surface area contributed by atoms with Crippen LogP contribution in [0.25, 0.3) is 32.3 Å². The highest BCUT2D eigenvalue weighted by atomic mass is 19.2. The molecule has 0 saturated heterocycles. The van der Waals surface area contributed by atoms with Crippen LogP contribution >= 0.6 is 0 Å². The van der Waals surface area contributed by atoms with E-state index in [1.807, 2.05) is 13.0 Å². The van der Waals surface area contributed by atoms with E-state index in [-0.39, 0.29) is 27.5 Å². The van der Waals surface area contributed by atoms with Gasteiger partial charge in [-0.25, -0.2) is 26.3 Å². The number of halogens is 6. The molecule has 0 saturated carbocycles. The minimum Gasteiger partial charge on any atom is -0.207 e. The van der Waals surface area contributed by atoms with E-state index in [0.717, 1.165) is 5.56 Å². The molecule has 0 bridgehead atoms. The summed E-state index contributed by atoms with van der Waals surface area (Å²) < 4.78 is 82.4. The predicted octanol–water partition coefficient (Wildman–Crippen LogP) is 8.90.